The third kappa shape index (κ3) is 3.68. The number of nitrogens with zero attached hydrogens (tertiary/aromatic N) is 1. The first kappa shape index (κ1) is 11.0. The molecule has 1 nitrogen and oxygen atoms in total. The third-order valence-corrected chi connectivity index (χ3v) is 3.35. The maximum absolute atomic E-state index is 2.65. The van der Waals surface area contributed by atoms with E-state index in [-0.39, 0.29) is 0 Å². The SMILES string of the molecule is CCC(C)(C)CN1CCCC(C)C1. The van der Waals surface area contributed by atoms with Crippen LogP contribution >= 0.6 is 0 Å². The van der Waals surface area contributed by atoms with E-state index in [1.165, 1.54) is 38.9 Å². The quantitative estimate of drug-likeness (QED) is 0.649. The van der Waals surface area contributed by atoms with E-state index in [0.29, 0.717) is 5.41 Å². The zero-order valence-corrected chi connectivity index (χ0v) is 9.77. The molecule has 0 N–H and O–H groups in total. The van der Waals surface area contributed by atoms with Crippen molar-refractivity contribution in [1.82, 2.24) is 4.90 Å². The van der Waals surface area contributed by atoms with Gasteiger partial charge in [0, 0.05) is 13.1 Å². The van der Waals surface area contributed by atoms with Crippen molar-refractivity contribution in [2.45, 2.75) is 47.0 Å². The summed E-state index contributed by atoms with van der Waals surface area (Å²) in [7, 11) is 0. The van der Waals surface area contributed by atoms with Crippen LogP contribution in [-0.2, 0) is 0 Å². The van der Waals surface area contributed by atoms with Gasteiger partial charge in [0.2, 0.25) is 0 Å². The Morgan fingerprint density at radius 3 is 2.62 bits per heavy atom. The maximum atomic E-state index is 2.65. The van der Waals surface area contributed by atoms with Crippen LogP contribution in [0, 0.1) is 11.3 Å². The van der Waals surface area contributed by atoms with Crippen LogP contribution in [0.1, 0.15) is 47.0 Å². The van der Waals surface area contributed by atoms with Crippen LogP contribution in [0.5, 0.6) is 0 Å². The van der Waals surface area contributed by atoms with Crippen molar-refractivity contribution in [2.24, 2.45) is 11.3 Å². The van der Waals surface area contributed by atoms with Crippen molar-refractivity contribution in [3.05, 3.63) is 0 Å². The topological polar surface area (TPSA) is 3.24 Å². The lowest BCUT2D eigenvalue weighted by molar-refractivity contribution is 0.123. The zero-order valence-electron chi connectivity index (χ0n) is 9.77. The molecule has 0 amide bonds. The predicted octanol–water partition coefficient (Wildman–Crippen LogP) is 3.15. The monoisotopic (exact) mass is 183 g/mol. The lowest BCUT2D eigenvalue weighted by atomic mass is 9.88. The highest BCUT2D eigenvalue weighted by molar-refractivity contribution is 4.76. The van der Waals surface area contributed by atoms with E-state index in [1.54, 1.807) is 0 Å². The fourth-order valence-electron chi connectivity index (χ4n) is 2.15. The van der Waals surface area contributed by atoms with E-state index in [2.05, 4.69) is 32.6 Å². The summed E-state index contributed by atoms with van der Waals surface area (Å²) >= 11 is 0. The summed E-state index contributed by atoms with van der Waals surface area (Å²) in [5.41, 5.74) is 0.511. The van der Waals surface area contributed by atoms with Crippen molar-refractivity contribution in [3.63, 3.8) is 0 Å². The molecule has 1 heteroatoms. The van der Waals surface area contributed by atoms with Gasteiger partial charge in [-0.3, -0.25) is 0 Å². The minimum Gasteiger partial charge on any atom is -0.303 e. The minimum atomic E-state index is 0.511. The van der Waals surface area contributed by atoms with E-state index in [9.17, 15) is 0 Å². The summed E-state index contributed by atoms with van der Waals surface area (Å²) in [6.45, 7) is 13.4. The Morgan fingerprint density at radius 1 is 1.38 bits per heavy atom. The molecule has 0 bridgehead atoms. The van der Waals surface area contributed by atoms with Gasteiger partial charge in [-0.05, 0) is 37.1 Å². The summed E-state index contributed by atoms with van der Waals surface area (Å²) in [6, 6.07) is 0. The molecule has 1 saturated heterocycles. The molecule has 1 fully saturated rings. The fourth-order valence-corrected chi connectivity index (χ4v) is 2.15. The van der Waals surface area contributed by atoms with Gasteiger partial charge in [-0.1, -0.05) is 27.7 Å². The highest BCUT2D eigenvalue weighted by Crippen LogP contribution is 2.24. The average molecular weight is 183 g/mol. The molecule has 0 spiro atoms. The van der Waals surface area contributed by atoms with Crippen molar-refractivity contribution in [3.8, 4) is 0 Å². The normalized spacial score (nSPS) is 26.3. The average Bonchev–Trinajstić information content (AvgIpc) is 2.03. The standard InChI is InChI=1S/C12H25N/c1-5-12(3,4)10-13-8-6-7-11(2)9-13/h11H,5-10H2,1-4H3. The Hall–Kier alpha value is -0.0400. The molecule has 1 unspecified atom stereocenters. The lowest BCUT2D eigenvalue weighted by Gasteiger charge is -2.36. The summed E-state index contributed by atoms with van der Waals surface area (Å²) in [4.78, 5) is 2.65. The Kier molecular flexibility index (Phi) is 3.78. The van der Waals surface area contributed by atoms with Crippen LogP contribution in [0.3, 0.4) is 0 Å². The molecule has 13 heavy (non-hydrogen) atoms. The maximum Gasteiger partial charge on any atom is 0.00327 e. The summed E-state index contributed by atoms with van der Waals surface area (Å²) in [5.74, 6) is 0.918. The molecule has 0 radical (unpaired) electrons. The number of hydrogen-bond acceptors (Lipinski definition) is 1. The van der Waals surface area contributed by atoms with Crippen LogP contribution in [0.2, 0.25) is 0 Å². The molecule has 0 aromatic rings. The van der Waals surface area contributed by atoms with Gasteiger partial charge in [-0.25, -0.2) is 0 Å². The highest BCUT2D eigenvalue weighted by atomic mass is 15.1. The van der Waals surface area contributed by atoms with Crippen molar-refractivity contribution in [2.75, 3.05) is 19.6 Å². The Balaban J connectivity index is 2.35. The molecule has 78 valence electrons. The van der Waals surface area contributed by atoms with E-state index in [4.69, 9.17) is 0 Å². The van der Waals surface area contributed by atoms with Gasteiger partial charge in [0.25, 0.3) is 0 Å². The van der Waals surface area contributed by atoms with Crippen LogP contribution < -0.4 is 0 Å². The van der Waals surface area contributed by atoms with Gasteiger partial charge in [0.05, 0.1) is 0 Å². The van der Waals surface area contributed by atoms with Crippen LogP contribution in [0.15, 0.2) is 0 Å². The number of hydrogen-bond donors (Lipinski definition) is 0. The van der Waals surface area contributed by atoms with Crippen LogP contribution in [0.25, 0.3) is 0 Å². The van der Waals surface area contributed by atoms with Gasteiger partial charge in [0.1, 0.15) is 0 Å². The van der Waals surface area contributed by atoms with Crippen LogP contribution in [-0.4, -0.2) is 24.5 Å². The van der Waals surface area contributed by atoms with Gasteiger partial charge >= 0.3 is 0 Å². The zero-order chi connectivity index (χ0) is 9.90. The third-order valence-electron chi connectivity index (χ3n) is 3.35. The largest absolute Gasteiger partial charge is 0.303 e. The molecule has 0 saturated carbocycles. The second-order valence-electron chi connectivity index (χ2n) is 5.50. The molecule has 0 aromatic heterocycles. The van der Waals surface area contributed by atoms with Gasteiger partial charge in [-0.15, -0.1) is 0 Å². The molecule has 1 atom stereocenters. The van der Waals surface area contributed by atoms with Gasteiger partial charge < -0.3 is 4.90 Å². The van der Waals surface area contributed by atoms with Crippen LogP contribution in [0.4, 0.5) is 0 Å². The lowest BCUT2D eigenvalue weighted by Crippen LogP contribution is -2.40. The van der Waals surface area contributed by atoms with E-state index < -0.39 is 0 Å². The number of likely N-dealkylation sites (tertiary alicyclic amines) is 1. The van der Waals surface area contributed by atoms with Crippen molar-refractivity contribution < 1.29 is 0 Å². The van der Waals surface area contributed by atoms with Crippen molar-refractivity contribution >= 4 is 0 Å². The highest BCUT2D eigenvalue weighted by Gasteiger charge is 2.23. The summed E-state index contributed by atoms with van der Waals surface area (Å²) in [6.07, 6.45) is 4.13. The molecule has 1 heterocycles. The minimum absolute atomic E-state index is 0.511. The number of rotatable bonds is 3. The molecule has 1 aliphatic heterocycles. The molecular formula is C12H25N. The summed E-state index contributed by atoms with van der Waals surface area (Å²) < 4.78 is 0. The smallest absolute Gasteiger partial charge is 0.00327 e. The Bertz CT molecular complexity index is 151. The molecule has 0 aromatic carbocycles. The van der Waals surface area contributed by atoms with Gasteiger partial charge in [0.15, 0.2) is 0 Å². The molecular weight excluding hydrogens is 158 g/mol. The fraction of sp³-hybridized carbons (Fsp3) is 1.00. The number of piperidine rings is 1. The van der Waals surface area contributed by atoms with Gasteiger partial charge in [-0.2, -0.15) is 0 Å². The second-order valence-corrected chi connectivity index (χ2v) is 5.50. The first-order chi connectivity index (χ1) is 6.03. The van der Waals surface area contributed by atoms with E-state index in [1.807, 2.05) is 0 Å². The molecule has 1 rings (SSSR count). The van der Waals surface area contributed by atoms with E-state index in [0.717, 1.165) is 5.92 Å². The summed E-state index contributed by atoms with van der Waals surface area (Å²) in [5, 5.41) is 0. The first-order valence-electron chi connectivity index (χ1n) is 5.76. The Morgan fingerprint density at radius 2 is 2.08 bits per heavy atom. The molecule has 0 aliphatic carbocycles. The van der Waals surface area contributed by atoms with Crippen molar-refractivity contribution in [1.29, 1.82) is 0 Å². The van der Waals surface area contributed by atoms with E-state index >= 15 is 0 Å². The molecule has 1 aliphatic rings. The second kappa shape index (κ2) is 4.45. The first-order valence-corrected chi connectivity index (χ1v) is 5.76. The predicted molar refractivity (Wildman–Crippen MR) is 58.9 cm³/mol. The Labute approximate surface area is 83.5 Å².